The van der Waals surface area contributed by atoms with Gasteiger partial charge in [-0.05, 0) is 31.2 Å². The second-order valence-electron chi connectivity index (χ2n) is 5.29. The molecule has 2 aromatic carbocycles. The van der Waals surface area contributed by atoms with E-state index < -0.39 is 0 Å². The highest BCUT2D eigenvalue weighted by Gasteiger charge is 2.11. The summed E-state index contributed by atoms with van der Waals surface area (Å²) in [5, 5.41) is 12.1. The zero-order chi connectivity index (χ0) is 17.8. The normalized spacial score (nSPS) is 11.4. The third-order valence-corrected chi connectivity index (χ3v) is 4.13. The van der Waals surface area contributed by atoms with Crippen molar-refractivity contribution in [2.75, 3.05) is 0 Å². The van der Waals surface area contributed by atoms with E-state index in [4.69, 9.17) is 23.2 Å². The molecular formula is C18H14Cl2N4O. The van der Waals surface area contributed by atoms with Gasteiger partial charge < -0.3 is 0 Å². The Morgan fingerprint density at radius 2 is 1.84 bits per heavy atom. The molecule has 3 rings (SSSR count). The van der Waals surface area contributed by atoms with Crippen molar-refractivity contribution in [2.24, 2.45) is 5.10 Å². The van der Waals surface area contributed by atoms with Crippen molar-refractivity contribution in [3.63, 3.8) is 0 Å². The summed E-state index contributed by atoms with van der Waals surface area (Å²) >= 11 is 12.0. The molecule has 3 aromatic rings. The summed E-state index contributed by atoms with van der Waals surface area (Å²) in [6.07, 6.45) is 0. The number of aromatic nitrogens is 2. The van der Waals surface area contributed by atoms with E-state index in [9.17, 15) is 4.79 Å². The third-order valence-electron chi connectivity index (χ3n) is 3.55. The number of hydrazone groups is 1. The van der Waals surface area contributed by atoms with Gasteiger partial charge in [0.25, 0.3) is 5.91 Å². The molecule has 0 saturated carbocycles. The minimum absolute atomic E-state index is 0.306. The summed E-state index contributed by atoms with van der Waals surface area (Å²) in [4.78, 5) is 12.2. The van der Waals surface area contributed by atoms with Gasteiger partial charge in [0.05, 0.1) is 11.4 Å². The SMILES string of the molecule is CC(=NNC(=O)c1cc(-c2ccc(Cl)cc2)n[nH]1)c1ccccc1Cl. The van der Waals surface area contributed by atoms with Crippen molar-refractivity contribution < 1.29 is 4.79 Å². The van der Waals surface area contributed by atoms with E-state index in [1.807, 2.05) is 30.3 Å². The van der Waals surface area contributed by atoms with Crippen LogP contribution in [0.4, 0.5) is 0 Å². The molecular weight excluding hydrogens is 359 g/mol. The first-order valence-corrected chi connectivity index (χ1v) is 8.21. The van der Waals surface area contributed by atoms with Gasteiger partial charge in [-0.3, -0.25) is 9.89 Å². The van der Waals surface area contributed by atoms with E-state index in [1.54, 1.807) is 31.2 Å². The standard InChI is InChI=1S/C18H14Cl2N4O/c1-11(14-4-2-3-5-15(14)20)21-24-18(25)17-10-16(22-23-17)12-6-8-13(19)9-7-12/h2-10H,1H3,(H,22,23)(H,24,25). The molecule has 25 heavy (non-hydrogen) atoms. The number of benzene rings is 2. The fraction of sp³-hybridized carbons (Fsp3) is 0.0556. The molecule has 126 valence electrons. The number of halogens is 2. The number of carbonyl (C=O) groups excluding carboxylic acids is 1. The van der Waals surface area contributed by atoms with Gasteiger partial charge in [0, 0.05) is 21.2 Å². The summed E-state index contributed by atoms with van der Waals surface area (Å²) in [5.74, 6) is -0.390. The van der Waals surface area contributed by atoms with Gasteiger partial charge >= 0.3 is 0 Å². The number of amides is 1. The Kier molecular flexibility index (Phi) is 5.16. The average Bonchev–Trinajstić information content (AvgIpc) is 3.10. The smallest absolute Gasteiger partial charge is 0.272 e. The summed E-state index contributed by atoms with van der Waals surface area (Å²) in [5.41, 5.74) is 5.67. The highest BCUT2D eigenvalue weighted by atomic mass is 35.5. The number of rotatable bonds is 4. The molecule has 0 aliphatic heterocycles. The first-order chi connectivity index (χ1) is 12.0. The van der Waals surface area contributed by atoms with Crippen LogP contribution >= 0.6 is 23.2 Å². The predicted molar refractivity (Wildman–Crippen MR) is 100 cm³/mol. The largest absolute Gasteiger partial charge is 0.289 e. The Morgan fingerprint density at radius 1 is 1.12 bits per heavy atom. The lowest BCUT2D eigenvalue weighted by Crippen LogP contribution is -2.19. The number of aromatic amines is 1. The Hall–Kier alpha value is -2.63. The maximum Gasteiger partial charge on any atom is 0.289 e. The third kappa shape index (κ3) is 4.07. The summed E-state index contributed by atoms with van der Waals surface area (Å²) in [6.45, 7) is 1.77. The second-order valence-corrected chi connectivity index (χ2v) is 6.14. The molecule has 5 nitrogen and oxygen atoms in total. The van der Waals surface area contributed by atoms with E-state index in [1.165, 1.54) is 0 Å². The Labute approximate surface area is 154 Å². The van der Waals surface area contributed by atoms with Crippen molar-refractivity contribution in [3.8, 4) is 11.3 Å². The molecule has 2 N–H and O–H groups in total. The van der Waals surface area contributed by atoms with Crippen LogP contribution in [-0.4, -0.2) is 21.8 Å². The van der Waals surface area contributed by atoms with Gasteiger partial charge in [-0.2, -0.15) is 10.2 Å². The molecule has 1 aromatic heterocycles. The monoisotopic (exact) mass is 372 g/mol. The Balaban J connectivity index is 1.73. The van der Waals surface area contributed by atoms with Crippen LogP contribution < -0.4 is 5.43 Å². The van der Waals surface area contributed by atoms with E-state index >= 15 is 0 Å². The number of hydrogen-bond donors (Lipinski definition) is 2. The quantitative estimate of drug-likeness (QED) is 0.521. The van der Waals surface area contributed by atoms with Crippen molar-refractivity contribution in [3.05, 3.63) is 75.9 Å². The first-order valence-electron chi connectivity index (χ1n) is 7.45. The number of nitrogens with one attached hydrogen (secondary N) is 2. The number of H-pyrrole nitrogens is 1. The van der Waals surface area contributed by atoms with Crippen LogP contribution in [0.25, 0.3) is 11.3 Å². The van der Waals surface area contributed by atoms with Crippen molar-refractivity contribution in [1.29, 1.82) is 0 Å². The first kappa shape index (κ1) is 17.2. The van der Waals surface area contributed by atoms with E-state index in [2.05, 4.69) is 20.7 Å². The van der Waals surface area contributed by atoms with E-state index in [0.717, 1.165) is 11.1 Å². The Morgan fingerprint density at radius 3 is 2.56 bits per heavy atom. The van der Waals surface area contributed by atoms with Gasteiger partial charge in [-0.25, -0.2) is 5.43 Å². The number of nitrogens with zero attached hydrogens (tertiary/aromatic N) is 2. The van der Waals surface area contributed by atoms with Crippen LogP contribution in [0.2, 0.25) is 10.0 Å². The molecule has 0 unspecified atom stereocenters. The highest BCUT2D eigenvalue weighted by Crippen LogP contribution is 2.20. The van der Waals surface area contributed by atoms with Crippen molar-refractivity contribution in [1.82, 2.24) is 15.6 Å². The number of hydrogen-bond acceptors (Lipinski definition) is 3. The maximum atomic E-state index is 12.2. The van der Waals surface area contributed by atoms with Gasteiger partial charge in [0.1, 0.15) is 5.69 Å². The van der Waals surface area contributed by atoms with Crippen LogP contribution in [0.1, 0.15) is 23.0 Å². The zero-order valence-corrected chi connectivity index (χ0v) is 14.8. The molecule has 0 fully saturated rings. The molecule has 0 bridgehead atoms. The van der Waals surface area contributed by atoms with Gasteiger partial charge in [-0.15, -0.1) is 0 Å². The molecule has 1 amide bonds. The fourth-order valence-electron chi connectivity index (χ4n) is 2.22. The van der Waals surface area contributed by atoms with Crippen LogP contribution in [0, 0.1) is 0 Å². The summed E-state index contributed by atoms with van der Waals surface area (Å²) in [6, 6.07) is 16.1. The summed E-state index contributed by atoms with van der Waals surface area (Å²) < 4.78 is 0. The maximum absolute atomic E-state index is 12.2. The average molecular weight is 373 g/mol. The fourth-order valence-corrected chi connectivity index (χ4v) is 2.61. The number of carbonyl (C=O) groups is 1. The van der Waals surface area contributed by atoms with E-state index in [0.29, 0.717) is 27.1 Å². The molecule has 0 saturated heterocycles. The van der Waals surface area contributed by atoms with Crippen LogP contribution in [0.5, 0.6) is 0 Å². The summed E-state index contributed by atoms with van der Waals surface area (Å²) in [7, 11) is 0. The van der Waals surface area contributed by atoms with Gasteiger partial charge in [0.15, 0.2) is 0 Å². The van der Waals surface area contributed by atoms with Crippen molar-refractivity contribution in [2.45, 2.75) is 6.92 Å². The topological polar surface area (TPSA) is 70.1 Å². The predicted octanol–water partition coefficient (Wildman–Crippen LogP) is 4.54. The molecule has 1 heterocycles. The molecule has 0 aliphatic rings. The lowest BCUT2D eigenvalue weighted by atomic mass is 10.1. The highest BCUT2D eigenvalue weighted by molar-refractivity contribution is 6.34. The van der Waals surface area contributed by atoms with Crippen molar-refractivity contribution >= 4 is 34.8 Å². The minimum Gasteiger partial charge on any atom is -0.272 e. The second kappa shape index (κ2) is 7.51. The van der Waals surface area contributed by atoms with E-state index in [-0.39, 0.29) is 5.91 Å². The zero-order valence-electron chi connectivity index (χ0n) is 13.3. The minimum atomic E-state index is -0.390. The van der Waals surface area contributed by atoms with Gasteiger partial charge in [0.2, 0.25) is 0 Å². The van der Waals surface area contributed by atoms with Gasteiger partial charge in [-0.1, -0.05) is 53.5 Å². The Bertz CT molecular complexity index is 932. The lowest BCUT2D eigenvalue weighted by Gasteiger charge is -2.03. The molecule has 0 spiro atoms. The molecule has 0 radical (unpaired) electrons. The molecule has 7 heteroatoms. The molecule has 0 atom stereocenters. The van der Waals surface area contributed by atoms with Crippen LogP contribution in [0.3, 0.4) is 0 Å². The lowest BCUT2D eigenvalue weighted by molar-refractivity contribution is 0.0950. The molecule has 0 aliphatic carbocycles. The van der Waals surface area contributed by atoms with Crippen LogP contribution in [0.15, 0.2) is 59.7 Å². The van der Waals surface area contributed by atoms with Crippen LogP contribution in [-0.2, 0) is 0 Å².